The number of primary amides is 1. The summed E-state index contributed by atoms with van der Waals surface area (Å²) in [4.78, 5) is 37.0. The molecule has 4 rings (SSSR count). The average molecular weight is 402 g/mol. The lowest BCUT2D eigenvalue weighted by molar-refractivity contribution is -0.121. The van der Waals surface area contributed by atoms with Gasteiger partial charge in [-0.1, -0.05) is 42.5 Å². The number of rotatable bonds is 6. The quantitative estimate of drug-likeness (QED) is 0.519. The molecule has 0 saturated carbocycles. The predicted molar refractivity (Wildman–Crippen MR) is 110 cm³/mol. The first-order valence-electron chi connectivity index (χ1n) is 9.54. The van der Waals surface area contributed by atoms with Gasteiger partial charge in [-0.3, -0.25) is 14.4 Å². The van der Waals surface area contributed by atoms with Crippen molar-refractivity contribution >= 4 is 17.6 Å². The third-order valence-electron chi connectivity index (χ3n) is 5.29. The van der Waals surface area contributed by atoms with Crippen molar-refractivity contribution < 1.29 is 18.8 Å². The van der Waals surface area contributed by atoms with Gasteiger partial charge in [0.2, 0.25) is 5.91 Å². The largest absolute Gasteiger partial charge is 0.369 e. The molecule has 0 saturated heterocycles. The minimum atomic E-state index is -0.639. The fraction of sp³-hybridized carbons (Fsp3) is 0.125. The molecule has 0 fully saturated rings. The van der Waals surface area contributed by atoms with Crippen LogP contribution in [-0.4, -0.2) is 24.1 Å². The van der Waals surface area contributed by atoms with Crippen molar-refractivity contribution in [3.63, 3.8) is 0 Å². The van der Waals surface area contributed by atoms with E-state index in [2.05, 4.69) is 5.32 Å². The second kappa shape index (κ2) is 7.91. The summed E-state index contributed by atoms with van der Waals surface area (Å²) in [5.41, 5.74) is 9.32. The van der Waals surface area contributed by atoms with E-state index in [4.69, 9.17) is 5.73 Å². The van der Waals surface area contributed by atoms with Crippen LogP contribution in [-0.2, 0) is 11.2 Å². The number of benzene rings is 3. The highest BCUT2D eigenvalue weighted by Crippen LogP contribution is 2.36. The molecule has 1 atom stereocenters. The molecule has 1 aliphatic rings. The van der Waals surface area contributed by atoms with E-state index in [0.717, 1.165) is 16.7 Å². The van der Waals surface area contributed by atoms with Crippen molar-refractivity contribution in [1.29, 1.82) is 0 Å². The first-order valence-corrected chi connectivity index (χ1v) is 9.54. The average Bonchev–Trinajstić information content (AvgIpc) is 3.04. The molecule has 0 spiro atoms. The van der Waals surface area contributed by atoms with Crippen LogP contribution in [0.2, 0.25) is 0 Å². The van der Waals surface area contributed by atoms with E-state index in [1.807, 2.05) is 12.1 Å². The van der Waals surface area contributed by atoms with Gasteiger partial charge in [0.1, 0.15) is 5.82 Å². The number of hydrogen-bond donors (Lipinski definition) is 2. The lowest BCUT2D eigenvalue weighted by Crippen LogP contribution is -2.37. The van der Waals surface area contributed by atoms with Gasteiger partial charge in [-0.2, -0.15) is 0 Å². The lowest BCUT2D eigenvalue weighted by Gasteiger charge is -2.15. The van der Waals surface area contributed by atoms with Gasteiger partial charge in [0.25, 0.3) is 5.91 Å². The first-order chi connectivity index (χ1) is 14.4. The summed E-state index contributed by atoms with van der Waals surface area (Å²) in [7, 11) is 0. The van der Waals surface area contributed by atoms with Crippen LogP contribution >= 0.6 is 0 Å². The second-order valence-electron chi connectivity index (χ2n) is 7.27. The highest BCUT2D eigenvalue weighted by Gasteiger charge is 2.27. The van der Waals surface area contributed by atoms with E-state index in [1.54, 1.807) is 42.5 Å². The van der Waals surface area contributed by atoms with Crippen LogP contribution in [0.4, 0.5) is 4.39 Å². The maximum atomic E-state index is 13.1. The van der Waals surface area contributed by atoms with Crippen LogP contribution in [0, 0.1) is 11.7 Å². The van der Waals surface area contributed by atoms with Crippen LogP contribution in [0.25, 0.3) is 11.1 Å². The molecule has 5 nitrogen and oxygen atoms in total. The van der Waals surface area contributed by atoms with Gasteiger partial charge in [0, 0.05) is 23.2 Å². The molecule has 0 bridgehead atoms. The van der Waals surface area contributed by atoms with Gasteiger partial charge < -0.3 is 11.1 Å². The van der Waals surface area contributed by atoms with Gasteiger partial charge in [-0.15, -0.1) is 0 Å². The Bertz CT molecular complexity index is 1160. The topological polar surface area (TPSA) is 89.3 Å². The number of carbonyl (C=O) groups excluding carboxylic acids is 3. The van der Waals surface area contributed by atoms with Gasteiger partial charge in [-0.25, -0.2) is 4.39 Å². The van der Waals surface area contributed by atoms with Crippen LogP contribution in [0.1, 0.15) is 31.8 Å². The number of halogens is 1. The van der Waals surface area contributed by atoms with Gasteiger partial charge in [0.05, 0.1) is 5.92 Å². The van der Waals surface area contributed by atoms with Crippen LogP contribution in [0.3, 0.4) is 0 Å². The van der Waals surface area contributed by atoms with Crippen molar-refractivity contribution in [3.05, 3.63) is 94.8 Å². The van der Waals surface area contributed by atoms with E-state index < -0.39 is 17.7 Å². The zero-order valence-electron chi connectivity index (χ0n) is 16.0. The highest BCUT2D eigenvalue weighted by atomic mass is 19.1. The molecule has 6 heteroatoms. The Morgan fingerprint density at radius 1 is 0.900 bits per heavy atom. The molecule has 3 aromatic carbocycles. The maximum absolute atomic E-state index is 13.1. The number of fused-ring (bicyclic) bond motifs is 3. The van der Waals surface area contributed by atoms with Gasteiger partial charge in [-0.05, 0) is 47.4 Å². The Labute approximate surface area is 172 Å². The number of nitrogens with two attached hydrogens (primary N) is 1. The van der Waals surface area contributed by atoms with Crippen molar-refractivity contribution in [2.45, 2.75) is 6.42 Å². The molecule has 30 heavy (non-hydrogen) atoms. The zero-order valence-corrected chi connectivity index (χ0v) is 16.0. The summed E-state index contributed by atoms with van der Waals surface area (Å²) in [6, 6.07) is 18.1. The monoisotopic (exact) mass is 402 g/mol. The fourth-order valence-electron chi connectivity index (χ4n) is 3.67. The Morgan fingerprint density at radius 3 is 2.27 bits per heavy atom. The third-order valence-corrected chi connectivity index (χ3v) is 5.29. The third kappa shape index (κ3) is 3.72. The minimum Gasteiger partial charge on any atom is -0.369 e. The Kier molecular flexibility index (Phi) is 5.14. The first kappa shape index (κ1) is 19.5. The summed E-state index contributed by atoms with van der Waals surface area (Å²) in [6.07, 6.45) is 0.286. The predicted octanol–water partition coefficient (Wildman–Crippen LogP) is 3.11. The van der Waals surface area contributed by atoms with Crippen molar-refractivity contribution in [2.75, 3.05) is 6.54 Å². The number of amides is 2. The Morgan fingerprint density at radius 2 is 1.57 bits per heavy atom. The maximum Gasteiger partial charge on any atom is 0.251 e. The summed E-state index contributed by atoms with van der Waals surface area (Å²) in [5.74, 6) is -2.07. The molecular formula is C24H19FN2O3. The SMILES string of the molecule is NC(=O)C(CNC(=O)c1ccc2c(c1)C(=O)c1ccccc1-2)Cc1ccc(F)cc1. The molecule has 0 radical (unpaired) electrons. The minimum absolute atomic E-state index is 0.0385. The molecule has 0 aromatic heterocycles. The Balaban J connectivity index is 1.47. The number of hydrogen-bond acceptors (Lipinski definition) is 3. The number of nitrogens with one attached hydrogen (secondary N) is 1. The standard InChI is InChI=1S/C24H19FN2O3/c25-17-8-5-14(6-9-17)11-16(23(26)29)13-27-24(30)15-7-10-19-18-3-1-2-4-20(18)22(28)21(19)12-15/h1-10,12,16H,11,13H2,(H2,26,29)(H,27,30). The molecular weight excluding hydrogens is 383 g/mol. The van der Waals surface area contributed by atoms with Gasteiger partial charge in [0.15, 0.2) is 5.78 Å². The normalized spacial score (nSPS) is 12.8. The zero-order chi connectivity index (χ0) is 21.3. The smallest absolute Gasteiger partial charge is 0.251 e. The van der Waals surface area contributed by atoms with Crippen molar-refractivity contribution in [1.82, 2.24) is 5.32 Å². The summed E-state index contributed by atoms with van der Waals surface area (Å²) < 4.78 is 13.1. The van der Waals surface area contributed by atoms with Crippen LogP contribution < -0.4 is 11.1 Å². The van der Waals surface area contributed by atoms with Crippen LogP contribution in [0.15, 0.2) is 66.7 Å². The highest BCUT2D eigenvalue weighted by molar-refractivity contribution is 6.22. The molecule has 0 heterocycles. The number of ketones is 1. The van der Waals surface area contributed by atoms with Crippen molar-refractivity contribution in [3.8, 4) is 11.1 Å². The van der Waals surface area contributed by atoms with Crippen LogP contribution in [0.5, 0.6) is 0 Å². The Hall–Kier alpha value is -3.80. The molecule has 150 valence electrons. The molecule has 2 amide bonds. The number of carbonyl (C=O) groups is 3. The molecule has 3 aromatic rings. The summed E-state index contributed by atoms with van der Waals surface area (Å²) >= 11 is 0. The fourth-order valence-corrected chi connectivity index (χ4v) is 3.67. The molecule has 0 aliphatic heterocycles. The van der Waals surface area contributed by atoms with E-state index in [9.17, 15) is 18.8 Å². The second-order valence-corrected chi connectivity index (χ2v) is 7.27. The van der Waals surface area contributed by atoms with Gasteiger partial charge >= 0.3 is 0 Å². The molecule has 1 aliphatic carbocycles. The summed E-state index contributed by atoms with van der Waals surface area (Å²) in [6.45, 7) is 0.0385. The molecule has 1 unspecified atom stereocenters. The van der Waals surface area contributed by atoms with E-state index >= 15 is 0 Å². The molecule has 3 N–H and O–H groups in total. The van der Waals surface area contributed by atoms with E-state index in [1.165, 1.54) is 12.1 Å². The van der Waals surface area contributed by atoms with E-state index in [-0.39, 0.29) is 24.6 Å². The van der Waals surface area contributed by atoms with E-state index in [0.29, 0.717) is 16.7 Å². The summed E-state index contributed by atoms with van der Waals surface area (Å²) in [5, 5.41) is 2.71. The lowest BCUT2D eigenvalue weighted by atomic mass is 9.98. The van der Waals surface area contributed by atoms with Crippen molar-refractivity contribution in [2.24, 2.45) is 11.7 Å².